The molecular weight excluding hydrogens is 598 g/mol. The lowest BCUT2D eigenvalue weighted by molar-refractivity contribution is -0.245. The van der Waals surface area contributed by atoms with Crippen LogP contribution in [0.3, 0.4) is 0 Å². The molecule has 1 aliphatic rings. The number of para-hydroxylation sites is 2. The van der Waals surface area contributed by atoms with Gasteiger partial charge in [-0.2, -0.15) is 0 Å². The quantitative estimate of drug-likeness (QED) is 0.0636. The Kier molecular flexibility index (Phi) is 12.2. The number of nitrogens with two attached hydrogens (primary N) is 1. The van der Waals surface area contributed by atoms with Gasteiger partial charge in [-0.25, -0.2) is 0 Å². The van der Waals surface area contributed by atoms with E-state index in [-0.39, 0.29) is 30.6 Å². The largest absolute Gasteiger partial charge is 0.397 e. The zero-order valence-corrected chi connectivity index (χ0v) is 26.6. The number of carbonyl (C=O) groups excluding carboxylic acids is 2. The number of nitrogens with one attached hydrogen (secondary N) is 2. The van der Waals surface area contributed by atoms with Gasteiger partial charge in [-0.15, -0.1) is 11.8 Å². The first kappa shape index (κ1) is 33.2. The number of thioether (sulfide) groups is 1. The highest BCUT2D eigenvalue weighted by Gasteiger charge is 2.32. The van der Waals surface area contributed by atoms with E-state index in [2.05, 4.69) is 22.8 Å². The van der Waals surface area contributed by atoms with Crippen LogP contribution in [-0.4, -0.2) is 28.8 Å². The highest BCUT2D eigenvalue weighted by molar-refractivity contribution is 7.99. The van der Waals surface area contributed by atoms with Crippen molar-refractivity contribution in [1.29, 1.82) is 0 Å². The van der Waals surface area contributed by atoms with Gasteiger partial charge in [-0.3, -0.25) is 9.59 Å². The fourth-order valence-corrected chi connectivity index (χ4v) is 6.19. The first-order valence-corrected chi connectivity index (χ1v) is 16.7. The van der Waals surface area contributed by atoms with E-state index in [1.165, 1.54) is 4.90 Å². The lowest BCUT2D eigenvalue weighted by atomic mass is 10.0. The van der Waals surface area contributed by atoms with E-state index in [0.29, 0.717) is 42.7 Å². The van der Waals surface area contributed by atoms with Crippen molar-refractivity contribution >= 4 is 40.6 Å². The number of carbonyl (C=O) groups is 2. The minimum absolute atomic E-state index is 0.000934. The summed E-state index contributed by atoms with van der Waals surface area (Å²) in [5.41, 5.74) is 10.5. The van der Waals surface area contributed by atoms with Gasteiger partial charge in [0.05, 0.1) is 30.2 Å². The lowest BCUT2D eigenvalue weighted by Crippen LogP contribution is -2.31. The Morgan fingerprint density at radius 3 is 2.11 bits per heavy atom. The maximum absolute atomic E-state index is 12.6. The minimum atomic E-state index is -0.557. The molecular formula is C37H41N3O5S. The van der Waals surface area contributed by atoms with Gasteiger partial charge in [-0.1, -0.05) is 73.2 Å². The Bertz CT molecular complexity index is 1550. The summed E-state index contributed by atoms with van der Waals surface area (Å²) < 4.78 is 12.9. The average molecular weight is 640 g/mol. The summed E-state index contributed by atoms with van der Waals surface area (Å²) in [4.78, 5) is 26.0. The number of nitrogen functional groups attached to an aromatic ring is 1. The third kappa shape index (κ3) is 9.92. The number of unbranched alkanes of at least 4 members (excludes halogenated alkanes) is 2. The van der Waals surface area contributed by atoms with Crippen molar-refractivity contribution in [2.45, 2.75) is 68.5 Å². The number of rotatable bonds is 14. The van der Waals surface area contributed by atoms with Crippen molar-refractivity contribution < 1.29 is 24.2 Å². The highest BCUT2D eigenvalue weighted by Crippen LogP contribution is 2.39. The average Bonchev–Trinajstić information content (AvgIpc) is 3.09. The predicted octanol–water partition coefficient (Wildman–Crippen LogP) is 7.63. The molecule has 1 heterocycles. The van der Waals surface area contributed by atoms with Crippen LogP contribution in [0.25, 0.3) is 0 Å². The number of amides is 2. The summed E-state index contributed by atoms with van der Waals surface area (Å²) in [6, 6.07) is 32.9. The zero-order chi connectivity index (χ0) is 32.1. The maximum Gasteiger partial charge on any atom is 0.224 e. The summed E-state index contributed by atoms with van der Waals surface area (Å²) in [6.45, 7) is 0.000934. The molecule has 1 aliphatic heterocycles. The van der Waals surface area contributed by atoms with Crippen molar-refractivity contribution in [2.24, 2.45) is 0 Å². The number of anilines is 3. The van der Waals surface area contributed by atoms with Gasteiger partial charge in [0.15, 0.2) is 6.29 Å². The Balaban J connectivity index is 1.10. The maximum atomic E-state index is 12.6. The molecule has 0 aliphatic carbocycles. The Morgan fingerprint density at radius 1 is 0.761 bits per heavy atom. The monoisotopic (exact) mass is 639 g/mol. The van der Waals surface area contributed by atoms with Crippen LogP contribution in [0.1, 0.15) is 67.6 Å². The van der Waals surface area contributed by atoms with E-state index in [1.54, 1.807) is 23.9 Å². The van der Waals surface area contributed by atoms with Crippen LogP contribution >= 0.6 is 11.8 Å². The van der Waals surface area contributed by atoms with Crippen LogP contribution in [0.4, 0.5) is 17.1 Å². The fraction of sp³-hybridized carbons (Fsp3) is 0.297. The van der Waals surface area contributed by atoms with Crippen molar-refractivity contribution in [3.63, 3.8) is 0 Å². The normalized spacial score (nSPS) is 17.7. The number of hydrogen-bond acceptors (Lipinski definition) is 7. The topological polar surface area (TPSA) is 123 Å². The van der Waals surface area contributed by atoms with E-state index in [9.17, 15) is 14.7 Å². The number of hydrogen-bond donors (Lipinski definition) is 4. The van der Waals surface area contributed by atoms with Gasteiger partial charge in [0.2, 0.25) is 11.8 Å². The smallest absolute Gasteiger partial charge is 0.224 e. The summed E-state index contributed by atoms with van der Waals surface area (Å²) in [5.74, 6) is 0.639. The van der Waals surface area contributed by atoms with Crippen molar-refractivity contribution in [3.8, 4) is 0 Å². The first-order chi connectivity index (χ1) is 22.5. The second kappa shape index (κ2) is 17.0. The standard InChI is InChI=1S/C37H41N3O5S/c38-32-11-7-8-12-33(32)40-36(43)14-6-2-5-13-35(42)39-29-21-19-28(20-22-29)37-44-30(25-46-31-9-3-1-4-10-31)23-34(45-37)27-17-15-26(24-41)16-18-27/h1,3-4,7-12,15-22,30,34,37,41H,2,5-6,13-14,23-25,38H2,(H,39,42)(H,40,43). The second-order valence-electron chi connectivity index (χ2n) is 11.3. The molecule has 0 radical (unpaired) electrons. The molecule has 4 aromatic carbocycles. The minimum Gasteiger partial charge on any atom is -0.397 e. The summed E-state index contributed by atoms with van der Waals surface area (Å²) in [7, 11) is 0. The molecule has 0 spiro atoms. The van der Waals surface area contributed by atoms with E-state index >= 15 is 0 Å². The molecule has 3 unspecified atom stereocenters. The van der Waals surface area contributed by atoms with Gasteiger partial charge in [0, 0.05) is 41.2 Å². The second-order valence-corrected chi connectivity index (χ2v) is 12.4. The van der Waals surface area contributed by atoms with E-state index in [4.69, 9.17) is 15.2 Å². The lowest BCUT2D eigenvalue weighted by Gasteiger charge is -2.36. The van der Waals surface area contributed by atoms with E-state index in [1.807, 2.05) is 78.9 Å². The molecule has 5 N–H and O–H groups in total. The zero-order valence-electron chi connectivity index (χ0n) is 25.8. The van der Waals surface area contributed by atoms with Crippen LogP contribution in [0.2, 0.25) is 0 Å². The van der Waals surface area contributed by atoms with Gasteiger partial charge < -0.3 is 30.9 Å². The van der Waals surface area contributed by atoms with Crippen LogP contribution < -0.4 is 16.4 Å². The number of ether oxygens (including phenoxy) is 2. The number of aliphatic hydroxyl groups excluding tert-OH is 1. The first-order valence-electron chi connectivity index (χ1n) is 15.7. The van der Waals surface area contributed by atoms with Crippen molar-refractivity contribution in [2.75, 3.05) is 22.1 Å². The molecule has 0 aromatic heterocycles. The molecule has 240 valence electrons. The number of benzene rings is 4. The predicted molar refractivity (Wildman–Crippen MR) is 183 cm³/mol. The van der Waals surface area contributed by atoms with Crippen LogP contribution in [0.15, 0.2) is 108 Å². The van der Waals surface area contributed by atoms with Gasteiger partial charge in [-0.05, 0) is 60.4 Å². The molecule has 3 atom stereocenters. The third-order valence-electron chi connectivity index (χ3n) is 7.80. The van der Waals surface area contributed by atoms with Crippen molar-refractivity contribution in [1.82, 2.24) is 0 Å². The molecule has 8 nitrogen and oxygen atoms in total. The van der Waals surface area contributed by atoms with Gasteiger partial charge in [0.25, 0.3) is 0 Å². The van der Waals surface area contributed by atoms with Crippen LogP contribution in [0, 0.1) is 0 Å². The molecule has 1 fully saturated rings. The Hall–Kier alpha value is -4.15. The van der Waals surface area contributed by atoms with Crippen LogP contribution in [0.5, 0.6) is 0 Å². The Morgan fingerprint density at radius 2 is 1.41 bits per heavy atom. The Labute approximate surface area is 274 Å². The van der Waals surface area contributed by atoms with E-state index in [0.717, 1.165) is 35.3 Å². The SMILES string of the molecule is Nc1ccccc1NC(=O)CCCCCC(=O)Nc1ccc(C2OC(CSc3ccccc3)CC(c3ccc(CO)cc3)O2)cc1. The molecule has 0 bridgehead atoms. The van der Waals surface area contributed by atoms with Crippen LogP contribution in [-0.2, 0) is 25.7 Å². The number of aliphatic hydroxyl groups is 1. The molecule has 5 rings (SSSR count). The molecule has 4 aromatic rings. The molecule has 46 heavy (non-hydrogen) atoms. The molecule has 0 saturated carbocycles. The highest BCUT2D eigenvalue weighted by atomic mass is 32.2. The van der Waals surface area contributed by atoms with Gasteiger partial charge in [0.1, 0.15) is 0 Å². The molecule has 2 amide bonds. The molecule has 9 heteroatoms. The van der Waals surface area contributed by atoms with Gasteiger partial charge >= 0.3 is 0 Å². The van der Waals surface area contributed by atoms with E-state index < -0.39 is 6.29 Å². The molecule has 1 saturated heterocycles. The van der Waals surface area contributed by atoms with Crippen molar-refractivity contribution in [3.05, 3.63) is 120 Å². The summed E-state index contributed by atoms with van der Waals surface area (Å²) in [5, 5.41) is 15.3. The summed E-state index contributed by atoms with van der Waals surface area (Å²) in [6.07, 6.45) is 2.88. The summed E-state index contributed by atoms with van der Waals surface area (Å²) >= 11 is 1.76. The third-order valence-corrected chi connectivity index (χ3v) is 8.95. The fourth-order valence-electron chi connectivity index (χ4n) is 5.25.